The summed E-state index contributed by atoms with van der Waals surface area (Å²) in [6.07, 6.45) is 6.71. The second-order valence-corrected chi connectivity index (χ2v) is 15.9. The number of aryl methyl sites for hydroxylation is 1. The molecule has 8 rings (SSSR count). The molecule has 10 nitrogen and oxygen atoms in total. The molecule has 0 radical (unpaired) electrons. The van der Waals surface area contributed by atoms with Crippen LogP contribution in [0.15, 0.2) is 36.8 Å². The van der Waals surface area contributed by atoms with E-state index in [1.54, 1.807) is 19.4 Å². The topological polar surface area (TPSA) is 108 Å². The van der Waals surface area contributed by atoms with Crippen molar-refractivity contribution >= 4 is 40.0 Å². The Morgan fingerprint density at radius 3 is 2.40 bits per heavy atom. The van der Waals surface area contributed by atoms with Crippen molar-refractivity contribution in [1.82, 2.24) is 29.7 Å². The van der Waals surface area contributed by atoms with Gasteiger partial charge in [0, 0.05) is 35.4 Å². The van der Waals surface area contributed by atoms with Crippen LogP contribution in [0.5, 0.6) is 0 Å². The lowest BCUT2D eigenvalue weighted by Gasteiger charge is -2.47. The molecule has 2 aliphatic carbocycles. The molecule has 13 heteroatoms. The Labute approximate surface area is 301 Å². The molecule has 2 aliphatic heterocycles. The molecule has 0 bridgehead atoms. The van der Waals surface area contributed by atoms with E-state index < -0.39 is 29.1 Å². The fourth-order valence-corrected chi connectivity index (χ4v) is 8.14. The molecule has 0 unspecified atom stereocenters. The van der Waals surface area contributed by atoms with Gasteiger partial charge in [0.25, 0.3) is 12.3 Å². The number of fused-ring (bicyclic) bond motifs is 2. The van der Waals surface area contributed by atoms with Crippen LogP contribution in [-0.2, 0) is 10.2 Å². The fourth-order valence-electron chi connectivity index (χ4n) is 8.14. The summed E-state index contributed by atoms with van der Waals surface area (Å²) in [4.78, 5) is 46.1. The molecule has 1 aromatic carbocycles. The number of hydrogen-bond acceptors (Lipinski definition) is 7. The first-order chi connectivity index (χ1) is 24.8. The van der Waals surface area contributed by atoms with E-state index in [9.17, 15) is 18.4 Å². The molecule has 4 aliphatic rings. The normalized spacial score (nSPS) is 22.2. The highest BCUT2D eigenvalue weighted by atomic mass is 19.3. The number of alkyl halides is 2. The van der Waals surface area contributed by atoms with Crippen LogP contribution in [0.3, 0.4) is 0 Å². The number of benzene rings is 1. The molecule has 3 fully saturated rings. The van der Waals surface area contributed by atoms with Crippen LogP contribution in [-0.4, -0.2) is 73.4 Å². The Hall–Kier alpha value is -4.52. The van der Waals surface area contributed by atoms with Crippen molar-refractivity contribution in [2.24, 2.45) is 0 Å². The van der Waals surface area contributed by atoms with Gasteiger partial charge in [-0.25, -0.2) is 23.1 Å². The lowest BCUT2D eigenvalue weighted by Crippen LogP contribution is -2.57. The number of likely N-dealkylation sites (tertiary alicyclic amines) is 1. The summed E-state index contributed by atoms with van der Waals surface area (Å²) in [6.45, 7) is 11.7. The van der Waals surface area contributed by atoms with Crippen LogP contribution in [0.25, 0.3) is 22.3 Å². The van der Waals surface area contributed by atoms with Crippen molar-refractivity contribution in [2.45, 2.75) is 115 Å². The van der Waals surface area contributed by atoms with Crippen LogP contribution in [0.4, 0.5) is 30.4 Å². The number of imidazole rings is 1. The summed E-state index contributed by atoms with van der Waals surface area (Å²) in [7, 11) is 0. The number of pyridine rings is 2. The molecule has 0 spiro atoms. The SMILES string of the molecule is Cc1cc(F)c(Nc2nc(-c3cnc4c(c3)N(C3CC(N5CCCCC5)C3)C(=O)C4(C)C)cc3ncn(C(C)C)c23)cc1C(=O)NC1(C(F)F)CC1. The number of hydrogen-bond donors (Lipinski definition) is 2. The van der Waals surface area contributed by atoms with Crippen molar-refractivity contribution in [1.29, 1.82) is 0 Å². The number of nitrogens with one attached hydrogen (secondary N) is 2. The number of piperidine rings is 1. The zero-order valence-corrected chi connectivity index (χ0v) is 30.3. The number of rotatable bonds is 9. The van der Waals surface area contributed by atoms with Gasteiger partial charge < -0.3 is 25.0 Å². The van der Waals surface area contributed by atoms with Crippen molar-refractivity contribution < 1.29 is 22.8 Å². The van der Waals surface area contributed by atoms with Gasteiger partial charge in [-0.05, 0) is 116 Å². The fraction of sp³-hybridized carbons (Fsp3) is 0.513. The van der Waals surface area contributed by atoms with Gasteiger partial charge in [0.05, 0.1) is 40.0 Å². The van der Waals surface area contributed by atoms with Crippen LogP contribution in [0.1, 0.15) is 100 Å². The monoisotopic (exact) mass is 714 g/mol. The Bertz CT molecular complexity index is 2080. The molecule has 52 heavy (non-hydrogen) atoms. The van der Waals surface area contributed by atoms with E-state index >= 15 is 4.39 Å². The third-order valence-corrected chi connectivity index (χ3v) is 11.6. The van der Waals surface area contributed by atoms with Gasteiger partial charge in [-0.15, -0.1) is 0 Å². The first kappa shape index (κ1) is 34.6. The minimum Gasteiger partial charge on any atom is -0.341 e. The highest BCUT2D eigenvalue weighted by Gasteiger charge is 2.53. The third kappa shape index (κ3) is 5.71. The molecule has 3 aromatic heterocycles. The van der Waals surface area contributed by atoms with Crippen molar-refractivity contribution in [2.75, 3.05) is 23.3 Å². The molecule has 2 saturated carbocycles. The number of carbonyl (C=O) groups excluding carboxylic acids is 2. The standard InChI is InChI=1S/C39H45F3N8O2/c1-21(2)49-20-44-30-18-28(45-34(32(30)49)46-29-17-26(22(3)13-27(29)40)35(51)47-39(9-10-39)36(41)42)23-14-31-33(43-19-23)38(4,5)37(52)50(31)25-15-24(16-25)48-11-7-6-8-12-48/h13-14,17-21,24-25,36H,6-12,15-16H2,1-5H3,(H,45,46)(H,47,51). The van der Waals surface area contributed by atoms with E-state index in [4.69, 9.17) is 9.97 Å². The predicted molar refractivity (Wildman–Crippen MR) is 194 cm³/mol. The van der Waals surface area contributed by atoms with Crippen LogP contribution >= 0.6 is 0 Å². The van der Waals surface area contributed by atoms with E-state index in [-0.39, 0.29) is 42.1 Å². The average Bonchev–Trinajstić information content (AvgIpc) is 3.69. The first-order valence-electron chi connectivity index (χ1n) is 18.4. The predicted octanol–water partition coefficient (Wildman–Crippen LogP) is 7.43. The van der Waals surface area contributed by atoms with E-state index in [1.165, 1.54) is 31.4 Å². The third-order valence-electron chi connectivity index (χ3n) is 11.6. The number of nitrogens with zero attached hydrogens (tertiary/aromatic N) is 6. The molecular weight excluding hydrogens is 669 g/mol. The minimum absolute atomic E-state index is 0.00816. The molecule has 274 valence electrons. The maximum Gasteiger partial charge on any atom is 0.261 e. The quantitative estimate of drug-likeness (QED) is 0.186. The van der Waals surface area contributed by atoms with E-state index in [0.717, 1.165) is 37.3 Å². The van der Waals surface area contributed by atoms with Gasteiger partial charge in [0.15, 0.2) is 5.82 Å². The van der Waals surface area contributed by atoms with E-state index in [1.807, 2.05) is 49.3 Å². The lowest BCUT2D eigenvalue weighted by molar-refractivity contribution is -0.123. The zero-order valence-electron chi connectivity index (χ0n) is 30.3. The van der Waals surface area contributed by atoms with E-state index in [0.29, 0.717) is 39.7 Å². The van der Waals surface area contributed by atoms with Crippen molar-refractivity contribution in [3.63, 3.8) is 0 Å². The van der Waals surface area contributed by atoms with Gasteiger partial charge >= 0.3 is 0 Å². The van der Waals surface area contributed by atoms with Crippen molar-refractivity contribution in [3.8, 4) is 11.3 Å². The average molecular weight is 715 g/mol. The molecule has 2 amide bonds. The molecule has 0 atom stereocenters. The zero-order chi connectivity index (χ0) is 36.7. The Morgan fingerprint density at radius 2 is 1.73 bits per heavy atom. The Morgan fingerprint density at radius 1 is 1.00 bits per heavy atom. The lowest BCUT2D eigenvalue weighted by atomic mass is 9.83. The van der Waals surface area contributed by atoms with Gasteiger partial charge in [-0.1, -0.05) is 6.42 Å². The highest BCUT2D eigenvalue weighted by molar-refractivity contribution is 6.08. The summed E-state index contributed by atoms with van der Waals surface area (Å²) < 4.78 is 44.8. The molecule has 4 aromatic rings. The van der Waals surface area contributed by atoms with Crippen LogP contribution in [0.2, 0.25) is 0 Å². The molecule has 5 heterocycles. The summed E-state index contributed by atoms with van der Waals surface area (Å²) in [5, 5.41) is 5.60. The second-order valence-electron chi connectivity index (χ2n) is 15.9. The summed E-state index contributed by atoms with van der Waals surface area (Å²) in [5.41, 5.74) is 2.04. The van der Waals surface area contributed by atoms with Gasteiger partial charge in [-0.2, -0.15) is 0 Å². The smallest absolute Gasteiger partial charge is 0.261 e. The number of aromatic nitrogens is 4. The second kappa shape index (κ2) is 12.6. The Kier molecular flexibility index (Phi) is 8.35. The number of anilines is 3. The summed E-state index contributed by atoms with van der Waals surface area (Å²) >= 11 is 0. The minimum atomic E-state index is -2.69. The molecule has 2 N–H and O–H groups in total. The van der Waals surface area contributed by atoms with Gasteiger partial charge in [-0.3, -0.25) is 14.6 Å². The maximum atomic E-state index is 15.6. The van der Waals surface area contributed by atoms with Crippen LogP contribution in [0, 0.1) is 12.7 Å². The van der Waals surface area contributed by atoms with Gasteiger partial charge in [0.1, 0.15) is 16.9 Å². The van der Waals surface area contributed by atoms with Crippen LogP contribution < -0.4 is 15.5 Å². The Balaban J connectivity index is 1.15. The molecule has 1 saturated heterocycles. The number of halogens is 3. The first-order valence-corrected chi connectivity index (χ1v) is 18.4. The van der Waals surface area contributed by atoms with Crippen molar-refractivity contribution in [3.05, 3.63) is 59.4 Å². The summed E-state index contributed by atoms with van der Waals surface area (Å²) in [5.74, 6) is -0.959. The maximum absolute atomic E-state index is 15.6. The van der Waals surface area contributed by atoms with Gasteiger partial charge in [0.2, 0.25) is 5.91 Å². The molecular formula is C39H45F3N8O2. The highest BCUT2D eigenvalue weighted by Crippen LogP contribution is 2.47. The number of amides is 2. The number of carbonyl (C=O) groups is 2. The largest absolute Gasteiger partial charge is 0.341 e. The van der Waals surface area contributed by atoms with E-state index in [2.05, 4.69) is 20.5 Å². The summed E-state index contributed by atoms with van der Waals surface area (Å²) in [6, 6.07) is 6.97.